The van der Waals surface area contributed by atoms with Gasteiger partial charge in [-0.15, -0.1) is 0 Å². The smallest absolute Gasteiger partial charge is 0.328 e. The normalized spacial score (nSPS) is 13.0. The van der Waals surface area contributed by atoms with E-state index in [1.54, 1.807) is 20.8 Å². The lowest BCUT2D eigenvalue weighted by Gasteiger charge is -2.22. The van der Waals surface area contributed by atoms with E-state index in [1.165, 1.54) is 7.11 Å². The van der Waals surface area contributed by atoms with Gasteiger partial charge in [0, 0.05) is 5.41 Å². The number of nitrogens with one attached hydrogen (secondary N) is 1. The summed E-state index contributed by atoms with van der Waals surface area (Å²) in [6.07, 6.45) is 2.19. The predicted molar refractivity (Wildman–Crippen MR) is 66.3 cm³/mol. The zero-order chi connectivity index (χ0) is 13.5. The molecule has 0 bridgehead atoms. The number of nitrogens with two attached hydrogens (primary N) is 1. The fourth-order valence-electron chi connectivity index (χ4n) is 1.26. The molecule has 0 saturated carbocycles. The van der Waals surface area contributed by atoms with Gasteiger partial charge in [0.25, 0.3) is 0 Å². The number of rotatable bonds is 6. The number of carbonyl (C=O) groups is 2. The predicted octanol–water partition coefficient (Wildman–Crippen LogP) is 0.819. The lowest BCUT2D eigenvalue weighted by atomic mass is 9.95. The van der Waals surface area contributed by atoms with Gasteiger partial charge in [-0.05, 0) is 25.8 Å². The summed E-state index contributed by atoms with van der Waals surface area (Å²) in [6, 6.07) is -0.571. The third-order valence-corrected chi connectivity index (χ3v) is 2.42. The lowest BCUT2D eigenvalue weighted by Crippen LogP contribution is -2.46. The summed E-state index contributed by atoms with van der Waals surface area (Å²) in [5.74, 6) is -0.555. The van der Waals surface area contributed by atoms with Gasteiger partial charge in [0.1, 0.15) is 6.04 Å². The zero-order valence-electron chi connectivity index (χ0n) is 11.2. The molecule has 0 aromatic carbocycles. The number of hydrogen-bond acceptors (Lipinski definition) is 4. The maximum absolute atomic E-state index is 11.8. The number of carbonyl (C=O) groups excluding carboxylic acids is 2. The molecule has 1 amide bonds. The second-order valence-electron chi connectivity index (χ2n) is 5.08. The van der Waals surface area contributed by atoms with Crippen molar-refractivity contribution in [2.24, 2.45) is 11.1 Å². The SMILES string of the molecule is COC(=O)[C@@H](CCCCN)NC(=O)C(C)(C)C. The maximum Gasteiger partial charge on any atom is 0.328 e. The van der Waals surface area contributed by atoms with Crippen molar-refractivity contribution in [1.82, 2.24) is 5.32 Å². The average molecular weight is 244 g/mol. The Balaban J connectivity index is 4.39. The standard InChI is InChI=1S/C12H24N2O3/c1-12(2,3)11(16)14-9(10(15)17-4)7-5-6-8-13/h9H,5-8,13H2,1-4H3,(H,14,16)/t9-/m1/s1. The number of esters is 1. The Labute approximate surface area is 103 Å². The number of hydrogen-bond donors (Lipinski definition) is 2. The van der Waals surface area contributed by atoms with Crippen LogP contribution < -0.4 is 11.1 Å². The van der Waals surface area contributed by atoms with Gasteiger partial charge in [0.15, 0.2) is 0 Å². The Morgan fingerprint density at radius 1 is 1.29 bits per heavy atom. The van der Waals surface area contributed by atoms with E-state index < -0.39 is 17.4 Å². The molecule has 0 spiro atoms. The first-order chi connectivity index (χ1) is 7.82. The van der Waals surface area contributed by atoms with Crippen LogP contribution in [-0.4, -0.2) is 31.6 Å². The van der Waals surface area contributed by atoms with E-state index in [-0.39, 0.29) is 5.91 Å². The molecule has 0 aliphatic heterocycles. The van der Waals surface area contributed by atoms with Crippen LogP contribution in [0.3, 0.4) is 0 Å². The first-order valence-electron chi connectivity index (χ1n) is 5.91. The van der Waals surface area contributed by atoms with Crippen LogP contribution in [0.1, 0.15) is 40.0 Å². The molecule has 3 N–H and O–H groups in total. The molecule has 0 unspecified atom stereocenters. The Hall–Kier alpha value is -1.10. The van der Waals surface area contributed by atoms with Crippen molar-refractivity contribution >= 4 is 11.9 Å². The molecule has 0 fully saturated rings. The quantitative estimate of drug-likeness (QED) is 0.535. The molecule has 1 atom stereocenters. The maximum atomic E-state index is 11.8. The van der Waals surface area contributed by atoms with Gasteiger partial charge in [-0.25, -0.2) is 4.79 Å². The van der Waals surface area contributed by atoms with Crippen LogP contribution >= 0.6 is 0 Å². The van der Waals surface area contributed by atoms with E-state index in [9.17, 15) is 9.59 Å². The van der Waals surface area contributed by atoms with Crippen LogP contribution in [0.4, 0.5) is 0 Å². The monoisotopic (exact) mass is 244 g/mol. The highest BCUT2D eigenvalue weighted by molar-refractivity contribution is 5.87. The average Bonchev–Trinajstić information content (AvgIpc) is 2.25. The first kappa shape index (κ1) is 15.9. The summed E-state index contributed by atoms with van der Waals surface area (Å²) in [5.41, 5.74) is 4.88. The van der Waals surface area contributed by atoms with Crippen molar-refractivity contribution in [3.8, 4) is 0 Å². The first-order valence-corrected chi connectivity index (χ1v) is 5.91. The van der Waals surface area contributed by atoms with Gasteiger partial charge in [0.05, 0.1) is 7.11 Å². The summed E-state index contributed by atoms with van der Waals surface area (Å²) in [7, 11) is 1.32. The number of ether oxygens (including phenoxy) is 1. The molecule has 0 radical (unpaired) electrons. The van der Waals surface area contributed by atoms with Gasteiger partial charge in [0.2, 0.25) is 5.91 Å². The lowest BCUT2D eigenvalue weighted by molar-refractivity contribution is -0.146. The fraction of sp³-hybridized carbons (Fsp3) is 0.833. The summed E-state index contributed by atoms with van der Waals surface area (Å²) >= 11 is 0. The van der Waals surface area contributed by atoms with Crippen molar-refractivity contribution < 1.29 is 14.3 Å². The van der Waals surface area contributed by atoms with E-state index in [2.05, 4.69) is 10.1 Å². The van der Waals surface area contributed by atoms with Gasteiger partial charge >= 0.3 is 5.97 Å². The van der Waals surface area contributed by atoms with Crippen LogP contribution in [0.2, 0.25) is 0 Å². The van der Waals surface area contributed by atoms with Gasteiger partial charge in [-0.3, -0.25) is 4.79 Å². The van der Waals surface area contributed by atoms with Crippen molar-refractivity contribution in [2.75, 3.05) is 13.7 Å². The molecule has 0 aromatic heterocycles. The van der Waals surface area contributed by atoms with E-state index in [1.807, 2.05) is 0 Å². The molecule has 17 heavy (non-hydrogen) atoms. The number of amides is 1. The van der Waals surface area contributed by atoms with Crippen molar-refractivity contribution in [2.45, 2.75) is 46.1 Å². The summed E-state index contributed by atoms with van der Waals surface area (Å²) in [5, 5.41) is 2.71. The molecule has 5 heteroatoms. The van der Waals surface area contributed by atoms with Crippen molar-refractivity contribution in [1.29, 1.82) is 0 Å². The minimum Gasteiger partial charge on any atom is -0.467 e. The highest BCUT2D eigenvalue weighted by Crippen LogP contribution is 2.14. The topological polar surface area (TPSA) is 81.4 Å². The summed E-state index contributed by atoms with van der Waals surface area (Å²) in [6.45, 7) is 5.99. The Morgan fingerprint density at radius 3 is 2.29 bits per heavy atom. The van der Waals surface area contributed by atoms with Gasteiger partial charge in [-0.2, -0.15) is 0 Å². The number of methoxy groups -OCH3 is 1. The molecule has 0 heterocycles. The minimum atomic E-state index is -0.571. The Kier molecular flexibility index (Phi) is 6.80. The molecule has 0 aromatic rings. The largest absolute Gasteiger partial charge is 0.467 e. The van der Waals surface area contributed by atoms with Crippen molar-refractivity contribution in [3.63, 3.8) is 0 Å². The highest BCUT2D eigenvalue weighted by Gasteiger charge is 2.27. The second-order valence-corrected chi connectivity index (χ2v) is 5.08. The summed E-state index contributed by atoms with van der Waals surface area (Å²) in [4.78, 5) is 23.3. The van der Waals surface area contributed by atoms with Crippen LogP contribution in [0.5, 0.6) is 0 Å². The van der Waals surface area contributed by atoms with Crippen molar-refractivity contribution in [3.05, 3.63) is 0 Å². The Bertz CT molecular complexity index is 259. The molecular weight excluding hydrogens is 220 g/mol. The minimum absolute atomic E-state index is 0.152. The fourth-order valence-corrected chi connectivity index (χ4v) is 1.26. The molecule has 0 saturated heterocycles. The second kappa shape index (κ2) is 7.27. The van der Waals surface area contributed by atoms with Crippen LogP contribution in [0.15, 0.2) is 0 Å². The molecular formula is C12H24N2O3. The third kappa shape index (κ3) is 6.26. The van der Waals surface area contributed by atoms with Gasteiger partial charge in [-0.1, -0.05) is 20.8 Å². The third-order valence-electron chi connectivity index (χ3n) is 2.42. The molecule has 0 rings (SSSR count). The molecule has 0 aliphatic carbocycles. The van der Waals surface area contributed by atoms with E-state index in [0.717, 1.165) is 12.8 Å². The zero-order valence-corrected chi connectivity index (χ0v) is 11.2. The summed E-state index contributed by atoms with van der Waals surface area (Å²) < 4.78 is 4.67. The molecule has 0 aliphatic rings. The molecule has 5 nitrogen and oxygen atoms in total. The van der Waals surface area contributed by atoms with Crippen LogP contribution in [0, 0.1) is 5.41 Å². The molecule has 100 valence electrons. The van der Waals surface area contributed by atoms with E-state index >= 15 is 0 Å². The van der Waals surface area contributed by atoms with Gasteiger partial charge < -0.3 is 15.8 Å². The highest BCUT2D eigenvalue weighted by atomic mass is 16.5. The van der Waals surface area contributed by atoms with Crippen LogP contribution in [0.25, 0.3) is 0 Å². The Morgan fingerprint density at radius 2 is 1.88 bits per heavy atom. The number of unbranched alkanes of at least 4 members (excludes halogenated alkanes) is 1. The van der Waals surface area contributed by atoms with Crippen LogP contribution in [-0.2, 0) is 14.3 Å². The van der Waals surface area contributed by atoms with E-state index in [0.29, 0.717) is 13.0 Å². The van der Waals surface area contributed by atoms with E-state index in [4.69, 9.17) is 5.73 Å².